The molecule has 0 fully saturated rings. The molecule has 34 heteroatoms. The molecule has 3 aromatic carbocycles. The fourth-order valence-corrected chi connectivity index (χ4v) is 9.15. The number of H-pyrrole nitrogens is 1. The number of para-hydroxylation sites is 1. The van der Waals surface area contributed by atoms with E-state index in [0.717, 1.165) is 6.92 Å². The summed E-state index contributed by atoms with van der Waals surface area (Å²) in [5.41, 5.74) is 7.75. The van der Waals surface area contributed by atoms with Crippen molar-refractivity contribution in [2.24, 2.45) is 5.73 Å². The van der Waals surface area contributed by atoms with E-state index >= 15 is 0 Å². The molecule has 502 valence electrons. The van der Waals surface area contributed by atoms with E-state index < -0.39 is 183 Å². The van der Waals surface area contributed by atoms with Crippen molar-refractivity contribution in [1.29, 1.82) is 0 Å². The average Bonchev–Trinajstić information content (AvgIpc) is 1.77. The highest BCUT2D eigenvalue weighted by Gasteiger charge is 2.36. The monoisotopic (exact) mass is 1310 g/mol. The number of hydrogen-bond donors (Lipinski definition) is 21. The van der Waals surface area contributed by atoms with Crippen LogP contribution >= 0.6 is 11.8 Å². The number of thioether (sulfide) groups is 1. The molecule has 1 heterocycles. The maximum absolute atomic E-state index is 14.1. The number of nitrogens with one attached hydrogen (secondary N) is 12. The van der Waals surface area contributed by atoms with Crippen LogP contribution in [0, 0.1) is 0 Å². The van der Waals surface area contributed by atoms with E-state index in [1.54, 1.807) is 67.0 Å². The summed E-state index contributed by atoms with van der Waals surface area (Å²) in [7, 11) is 0. The number of amides is 11. The minimum absolute atomic E-state index is 0.175. The third-order valence-corrected chi connectivity index (χ3v) is 14.6. The number of carboxylic acid groups (broad SMARTS) is 1. The first kappa shape index (κ1) is 75.2. The highest BCUT2D eigenvalue weighted by Crippen LogP contribution is 2.20. The number of carbonyl (C=O) groups is 12. The van der Waals surface area contributed by atoms with E-state index in [0.29, 0.717) is 33.3 Å². The quantitative estimate of drug-likeness (QED) is 0.0198. The topological polar surface area (TPSA) is 541 Å². The third-order valence-electron chi connectivity index (χ3n) is 14.0. The summed E-state index contributed by atoms with van der Waals surface area (Å²) in [6, 6.07) is 0.654. The van der Waals surface area contributed by atoms with Crippen molar-refractivity contribution in [2.45, 2.75) is 112 Å². The number of hydrogen-bond acceptors (Lipinski definition) is 21. The van der Waals surface area contributed by atoms with Crippen LogP contribution in [-0.4, -0.2) is 241 Å². The number of phenols is 1. The van der Waals surface area contributed by atoms with Gasteiger partial charge < -0.3 is 110 Å². The molecule has 0 aliphatic carbocycles. The summed E-state index contributed by atoms with van der Waals surface area (Å²) in [6.07, 6.45) is 2.70. The Bertz CT molecular complexity index is 3180. The van der Waals surface area contributed by atoms with Crippen LogP contribution < -0.4 is 64.2 Å². The number of aliphatic hydroxyl groups is 6. The van der Waals surface area contributed by atoms with Crippen molar-refractivity contribution in [3.05, 3.63) is 102 Å². The van der Waals surface area contributed by atoms with Crippen LogP contribution in [-0.2, 0) is 76.8 Å². The van der Waals surface area contributed by atoms with Gasteiger partial charge in [0.15, 0.2) is 0 Å². The fourth-order valence-electron chi connectivity index (χ4n) is 8.66. The second-order valence-electron chi connectivity index (χ2n) is 21.0. The molecule has 0 saturated carbocycles. The van der Waals surface area contributed by atoms with E-state index in [1.165, 1.54) is 43.0 Å². The van der Waals surface area contributed by atoms with Crippen molar-refractivity contribution in [2.75, 3.05) is 51.6 Å². The van der Waals surface area contributed by atoms with Gasteiger partial charge in [-0.05, 0) is 67.2 Å². The van der Waals surface area contributed by atoms with Gasteiger partial charge in [-0.2, -0.15) is 11.8 Å². The van der Waals surface area contributed by atoms with Gasteiger partial charge in [0.1, 0.15) is 72.2 Å². The van der Waals surface area contributed by atoms with Gasteiger partial charge in [0.25, 0.3) is 0 Å². The van der Waals surface area contributed by atoms with Gasteiger partial charge in [-0.1, -0.05) is 60.7 Å². The number of phenolic OH excluding ortho intramolecular Hbond substituents is 1. The lowest BCUT2D eigenvalue weighted by Gasteiger charge is -2.27. The number of fused-ring (bicyclic) bond motifs is 1. The lowest BCUT2D eigenvalue weighted by atomic mass is 10.0. The zero-order valence-electron chi connectivity index (χ0n) is 50.3. The number of aromatic hydroxyl groups is 1. The van der Waals surface area contributed by atoms with Gasteiger partial charge in [0.05, 0.1) is 45.7 Å². The number of carbonyl (C=O) groups excluding carboxylic acids is 11. The second kappa shape index (κ2) is 37.8. The molecule has 0 spiro atoms. The molecule has 0 unspecified atom stereocenters. The van der Waals surface area contributed by atoms with E-state index in [1.807, 2.05) is 0 Å². The average molecular weight is 1310 g/mol. The number of aromatic nitrogens is 1. The number of aliphatic carboxylic acids is 1. The number of rotatable bonds is 38. The van der Waals surface area contributed by atoms with Crippen LogP contribution in [0.3, 0.4) is 0 Å². The fraction of sp³-hybridized carbons (Fsp3) is 0.448. The number of nitrogens with two attached hydrogens (primary N) is 1. The summed E-state index contributed by atoms with van der Waals surface area (Å²) in [5.74, 6) is -13.2. The van der Waals surface area contributed by atoms with Gasteiger partial charge in [0.2, 0.25) is 65.0 Å². The molecule has 0 aliphatic rings. The van der Waals surface area contributed by atoms with Crippen molar-refractivity contribution in [1.82, 2.24) is 63.5 Å². The lowest BCUT2D eigenvalue weighted by molar-refractivity contribution is -0.143. The highest BCUT2D eigenvalue weighted by molar-refractivity contribution is 7.98. The Hall–Kier alpha value is -9.29. The maximum Gasteiger partial charge on any atom is 0.328 e. The summed E-state index contributed by atoms with van der Waals surface area (Å²) in [5, 5.41) is 106. The first-order valence-electron chi connectivity index (χ1n) is 28.6. The van der Waals surface area contributed by atoms with Crippen LogP contribution in [0.15, 0.2) is 85.1 Å². The molecule has 4 aromatic rings. The predicted molar refractivity (Wildman–Crippen MR) is 328 cm³/mol. The Balaban J connectivity index is 1.45. The number of benzene rings is 3. The molecule has 0 saturated heterocycles. The van der Waals surface area contributed by atoms with Crippen molar-refractivity contribution in [3.8, 4) is 5.75 Å². The molecule has 1 aromatic heterocycles. The number of carboxylic acids is 1. The van der Waals surface area contributed by atoms with Crippen molar-refractivity contribution in [3.63, 3.8) is 0 Å². The first-order valence-corrected chi connectivity index (χ1v) is 30.0. The lowest BCUT2D eigenvalue weighted by Crippen LogP contribution is -2.62. The van der Waals surface area contributed by atoms with Gasteiger partial charge in [-0.25, -0.2) is 4.79 Å². The highest BCUT2D eigenvalue weighted by atomic mass is 32.2. The zero-order valence-corrected chi connectivity index (χ0v) is 51.1. The molecule has 12 atom stereocenters. The molecule has 0 radical (unpaired) electrons. The summed E-state index contributed by atoms with van der Waals surface area (Å²) >= 11 is 1.43. The molecule has 22 N–H and O–H groups in total. The Morgan fingerprint density at radius 2 is 0.761 bits per heavy atom. The maximum atomic E-state index is 14.1. The molecule has 11 amide bonds. The number of aromatic amines is 1. The Labute approximate surface area is 530 Å². The largest absolute Gasteiger partial charge is 0.508 e. The van der Waals surface area contributed by atoms with Crippen molar-refractivity contribution >= 4 is 93.6 Å². The normalized spacial score (nSPS) is 15.0. The van der Waals surface area contributed by atoms with Crippen LogP contribution in [0.1, 0.15) is 37.0 Å². The minimum Gasteiger partial charge on any atom is -0.508 e. The summed E-state index contributed by atoms with van der Waals surface area (Å²) < 4.78 is 0. The van der Waals surface area contributed by atoms with Gasteiger partial charge in [-0.3, -0.25) is 52.7 Å². The second-order valence-corrected chi connectivity index (χ2v) is 21.9. The summed E-state index contributed by atoms with van der Waals surface area (Å²) in [6.45, 7) is -3.98. The smallest absolute Gasteiger partial charge is 0.328 e. The molecule has 92 heavy (non-hydrogen) atoms. The molecule has 33 nitrogen and oxygen atoms in total. The van der Waals surface area contributed by atoms with Gasteiger partial charge >= 0.3 is 5.97 Å². The molecule has 4 rings (SSSR count). The minimum atomic E-state index is -1.89. The predicted octanol–water partition coefficient (Wildman–Crippen LogP) is -7.61. The molecular weight excluding hydrogens is 1230 g/mol. The molecule has 0 bridgehead atoms. The third kappa shape index (κ3) is 23.2. The zero-order chi connectivity index (χ0) is 68.2. The summed E-state index contributed by atoms with van der Waals surface area (Å²) in [4.78, 5) is 163. The van der Waals surface area contributed by atoms with E-state index in [-0.39, 0.29) is 31.4 Å². The van der Waals surface area contributed by atoms with Gasteiger partial charge in [-0.15, -0.1) is 0 Å². The Kier molecular flexibility index (Phi) is 30.9. The van der Waals surface area contributed by atoms with E-state index in [2.05, 4.69) is 63.5 Å². The molecule has 0 aliphatic heterocycles. The van der Waals surface area contributed by atoms with E-state index in [9.17, 15) is 98.4 Å². The van der Waals surface area contributed by atoms with Crippen LogP contribution in [0.25, 0.3) is 10.9 Å². The Morgan fingerprint density at radius 3 is 1.18 bits per heavy atom. The van der Waals surface area contributed by atoms with E-state index in [4.69, 9.17) is 5.73 Å². The first-order chi connectivity index (χ1) is 43.8. The molecular formula is C58H79N13O20S. The van der Waals surface area contributed by atoms with Crippen LogP contribution in [0.5, 0.6) is 5.75 Å². The van der Waals surface area contributed by atoms with Crippen LogP contribution in [0.2, 0.25) is 0 Å². The SMILES string of the molecule is CSCC[C@H](N)C(=O)N[C@@H](CO)C(=O)N[C@@H](C)C(=O)N[C@@H](CO)C(=O)N[C@@H](CO)C(=O)N[C@@H](Cc1ccc(O)cc1)C(=O)N[C@@H](C)C(=O)N[C@@H](CO)C(=O)N[C@@H](Cc1ccccc1)C(=O)N[C@@H](CO)C(=O)N[C@@H](Cc1c[nH]c2ccccc12)C(=O)N[C@@H](CO)C(=O)O. The van der Waals surface area contributed by atoms with Gasteiger partial charge in [0, 0.05) is 36.4 Å². The number of aliphatic hydroxyl groups excluding tert-OH is 6. The Morgan fingerprint density at radius 1 is 0.424 bits per heavy atom. The van der Waals surface area contributed by atoms with Crippen LogP contribution in [0.4, 0.5) is 0 Å². The van der Waals surface area contributed by atoms with Crippen molar-refractivity contribution < 1.29 is 98.4 Å². The standard InChI is InChI=1S/C58H79N13O20S/c1-29(61-50(82)38(20-32-13-15-34(78)16-14-32)63-55(87)45(27-76)70-57(89)43(25-74)67-48(80)30(2)62-53(85)41(23-72)68-49(81)36(59)17-18-92-3)47(79)66-42(24-73)54(86)64-39(19-31-9-5-4-6-10-31)51(83)69-44(26-75)56(88)65-40(52(84)71-46(28-77)58(90)91)21-33-22-60-37-12-8-7-11-35(33)37/h4-16,22,29-30,36,38-46,60,72-78H,17-21,23-28,59H2,1-3H3,(H,61,82)(H,62,85)(H,63,87)(H,64,86)(H,65,88)(H,66,79)(H,67,80)(H,68,81)(H,69,83)(H,70,89)(H,71,84)(H,90,91)/t29-,30-,36-,38-,39-,40-,41-,42-,43-,44-,45-,46-/m0/s1.